The lowest BCUT2D eigenvalue weighted by Crippen LogP contribution is -2.66. The van der Waals surface area contributed by atoms with Gasteiger partial charge in [0, 0.05) is 31.9 Å². The lowest BCUT2D eigenvalue weighted by Gasteiger charge is -2.39. The first-order chi connectivity index (χ1) is 12.2. The molecule has 0 unspecified atom stereocenters. The first-order valence-corrected chi connectivity index (χ1v) is 7.53. The Kier molecular flexibility index (Phi) is 6.81. The Morgan fingerprint density at radius 2 is 1.21 bits per heavy atom. The molecule has 0 saturated carbocycles. The second kappa shape index (κ2) is 7.88. The summed E-state index contributed by atoms with van der Waals surface area (Å²) in [4.78, 5) is 13.4. The van der Waals surface area contributed by atoms with E-state index in [4.69, 9.17) is 0 Å². The van der Waals surface area contributed by atoms with Gasteiger partial charge in [0.25, 0.3) is 5.91 Å². The molecule has 1 fully saturated rings. The zero-order valence-corrected chi connectivity index (χ0v) is 14.6. The number of amides is 1. The van der Waals surface area contributed by atoms with E-state index in [1.165, 1.54) is 0 Å². The molecule has 1 amide bonds. The fourth-order valence-corrected chi connectivity index (χ4v) is 2.51. The van der Waals surface area contributed by atoms with Gasteiger partial charge in [0.05, 0.1) is 0 Å². The van der Waals surface area contributed by atoms with Crippen LogP contribution in [0.2, 0.25) is 0 Å². The smallest absolute Gasteiger partial charge is 0.368 e. The highest BCUT2D eigenvalue weighted by Gasteiger charge is 2.84. The Hall–Kier alpha value is -1.85. The van der Waals surface area contributed by atoms with E-state index in [0.29, 0.717) is 5.69 Å². The molecule has 0 spiro atoms. The number of carbonyl (C=O) groups excluding carboxylic acids is 1. The number of piperazine rings is 1. The summed E-state index contributed by atoms with van der Waals surface area (Å²) in [6, 6.07) is 8.35. The molecule has 0 bridgehead atoms. The summed E-state index contributed by atoms with van der Waals surface area (Å²) < 4.78 is 116. The quantitative estimate of drug-likeness (QED) is 0.649. The summed E-state index contributed by atoms with van der Waals surface area (Å²) in [5.41, 5.74) is 0.644. The van der Waals surface area contributed by atoms with Crippen LogP contribution in [0.3, 0.4) is 0 Å². The molecule has 28 heavy (non-hydrogen) atoms. The van der Waals surface area contributed by atoms with Gasteiger partial charge in [0.15, 0.2) is 0 Å². The van der Waals surface area contributed by atoms with Gasteiger partial charge < -0.3 is 9.80 Å². The average molecular weight is 445 g/mol. The molecule has 1 saturated heterocycles. The van der Waals surface area contributed by atoms with Crippen molar-refractivity contribution >= 4 is 24.0 Å². The summed E-state index contributed by atoms with van der Waals surface area (Å²) >= 11 is 0. The third-order valence-corrected chi connectivity index (χ3v) is 4.10. The minimum atomic E-state index is -7.08. The fraction of sp³-hybridized carbons (Fsp3) is 0.533. The highest BCUT2D eigenvalue weighted by Crippen LogP contribution is 2.53. The Bertz CT molecular complexity index is 674. The summed E-state index contributed by atoms with van der Waals surface area (Å²) in [5.74, 6) is -23.0. The van der Waals surface area contributed by atoms with Crippen molar-refractivity contribution in [2.45, 2.75) is 23.9 Å². The molecule has 0 atom stereocenters. The molecular weight excluding hydrogens is 431 g/mol. The molecule has 0 radical (unpaired) electrons. The van der Waals surface area contributed by atoms with Crippen molar-refractivity contribution in [3.8, 4) is 0 Å². The Morgan fingerprint density at radius 3 is 1.64 bits per heavy atom. The molecule has 160 valence electrons. The average Bonchev–Trinajstić information content (AvgIpc) is 2.60. The number of carbonyl (C=O) groups is 1. The number of hydrogen-bond donors (Lipinski definition) is 0. The van der Waals surface area contributed by atoms with Crippen LogP contribution < -0.4 is 4.90 Å². The molecule has 13 heteroatoms. The van der Waals surface area contributed by atoms with Crippen LogP contribution in [0.5, 0.6) is 0 Å². The van der Waals surface area contributed by atoms with E-state index in [1.807, 2.05) is 0 Å². The molecule has 0 aliphatic carbocycles. The third-order valence-electron chi connectivity index (χ3n) is 4.10. The van der Waals surface area contributed by atoms with Crippen LogP contribution >= 0.6 is 12.4 Å². The van der Waals surface area contributed by atoms with Gasteiger partial charge in [-0.1, -0.05) is 18.2 Å². The van der Waals surface area contributed by atoms with Gasteiger partial charge in [-0.15, -0.1) is 12.4 Å². The normalized spacial score (nSPS) is 16.6. The van der Waals surface area contributed by atoms with Gasteiger partial charge in [0.2, 0.25) is 0 Å². The topological polar surface area (TPSA) is 23.6 Å². The minimum Gasteiger partial charge on any atom is -0.368 e. The molecule has 1 heterocycles. The first-order valence-electron chi connectivity index (χ1n) is 7.53. The highest BCUT2D eigenvalue weighted by atomic mass is 35.5. The number of benzene rings is 1. The van der Waals surface area contributed by atoms with E-state index >= 15 is 0 Å². The molecule has 3 nitrogen and oxygen atoms in total. The number of anilines is 1. The van der Waals surface area contributed by atoms with Crippen LogP contribution in [0.4, 0.5) is 45.2 Å². The van der Waals surface area contributed by atoms with E-state index in [9.17, 15) is 44.3 Å². The van der Waals surface area contributed by atoms with Gasteiger partial charge in [-0.2, -0.15) is 39.5 Å². The number of hydrogen-bond acceptors (Lipinski definition) is 2. The number of halogens is 10. The lowest BCUT2D eigenvalue weighted by atomic mass is 10.0. The first kappa shape index (κ1) is 24.2. The molecule has 1 aliphatic rings. The van der Waals surface area contributed by atoms with Crippen LogP contribution in [-0.4, -0.2) is 60.9 Å². The maximum atomic E-state index is 13.7. The fourth-order valence-electron chi connectivity index (χ4n) is 2.51. The monoisotopic (exact) mass is 444 g/mol. The number of alkyl halides is 9. The second-order valence-electron chi connectivity index (χ2n) is 5.84. The standard InChI is InChI=1S/C15H13F9N2O.ClH/c16-12(17,13(18,19)14(20,21)15(22,23)24)11(27)26-8-6-25(7-9-26)10-4-2-1-3-5-10;/h1-5H,6-9H2;1H. The van der Waals surface area contributed by atoms with Gasteiger partial charge in [-0.3, -0.25) is 4.79 Å². The molecule has 1 aliphatic heterocycles. The van der Waals surface area contributed by atoms with Crippen molar-refractivity contribution in [1.29, 1.82) is 0 Å². The van der Waals surface area contributed by atoms with Crippen LogP contribution in [-0.2, 0) is 4.79 Å². The van der Waals surface area contributed by atoms with Gasteiger partial charge in [-0.05, 0) is 12.1 Å². The van der Waals surface area contributed by atoms with Crippen LogP contribution in [0, 0.1) is 0 Å². The minimum absolute atomic E-state index is 0. The molecule has 0 N–H and O–H groups in total. The van der Waals surface area contributed by atoms with Crippen molar-refractivity contribution in [2.24, 2.45) is 0 Å². The molecular formula is C15H14ClF9N2O. The van der Waals surface area contributed by atoms with Gasteiger partial charge in [-0.25, -0.2) is 0 Å². The van der Waals surface area contributed by atoms with Gasteiger partial charge in [0.1, 0.15) is 0 Å². The third kappa shape index (κ3) is 3.96. The Morgan fingerprint density at radius 1 is 0.750 bits per heavy atom. The van der Waals surface area contributed by atoms with Crippen molar-refractivity contribution in [3.63, 3.8) is 0 Å². The molecule has 1 aromatic rings. The zero-order chi connectivity index (χ0) is 20.7. The summed E-state index contributed by atoms with van der Waals surface area (Å²) in [6.07, 6.45) is -6.95. The lowest BCUT2D eigenvalue weighted by molar-refractivity contribution is -0.389. The summed E-state index contributed by atoms with van der Waals surface area (Å²) in [5, 5.41) is 0. The van der Waals surface area contributed by atoms with Crippen LogP contribution in [0.1, 0.15) is 0 Å². The van der Waals surface area contributed by atoms with Crippen molar-refractivity contribution in [3.05, 3.63) is 30.3 Å². The predicted octanol–water partition coefficient (Wildman–Crippen LogP) is 4.23. The Labute approximate surface area is 159 Å². The number of nitrogens with zero attached hydrogens (tertiary/aromatic N) is 2. The Balaban J connectivity index is 0.00000392. The summed E-state index contributed by atoms with van der Waals surface area (Å²) in [6.45, 7) is -1.27. The zero-order valence-electron chi connectivity index (χ0n) is 13.8. The van der Waals surface area contributed by atoms with E-state index in [-0.39, 0.29) is 30.4 Å². The van der Waals surface area contributed by atoms with E-state index in [2.05, 4.69) is 0 Å². The van der Waals surface area contributed by atoms with E-state index in [1.54, 1.807) is 35.2 Å². The second-order valence-corrected chi connectivity index (χ2v) is 5.84. The molecule has 1 aromatic carbocycles. The van der Waals surface area contributed by atoms with Gasteiger partial charge >= 0.3 is 23.9 Å². The number of para-hydroxylation sites is 1. The van der Waals surface area contributed by atoms with E-state index < -0.39 is 42.9 Å². The van der Waals surface area contributed by atoms with Crippen LogP contribution in [0.15, 0.2) is 30.3 Å². The van der Waals surface area contributed by atoms with E-state index in [0.717, 1.165) is 0 Å². The van der Waals surface area contributed by atoms with Crippen molar-refractivity contribution in [1.82, 2.24) is 4.90 Å². The van der Waals surface area contributed by atoms with Crippen LogP contribution in [0.25, 0.3) is 0 Å². The van der Waals surface area contributed by atoms with Crippen molar-refractivity contribution in [2.75, 3.05) is 31.1 Å². The largest absolute Gasteiger partial charge is 0.460 e. The maximum Gasteiger partial charge on any atom is 0.460 e. The molecule has 2 rings (SSSR count). The maximum absolute atomic E-state index is 13.7. The highest BCUT2D eigenvalue weighted by molar-refractivity contribution is 5.85. The predicted molar refractivity (Wildman–Crippen MR) is 83.4 cm³/mol. The van der Waals surface area contributed by atoms with Crippen molar-refractivity contribution < 1.29 is 44.3 Å². The number of rotatable bonds is 4. The SMILES string of the molecule is Cl.O=C(N1CCN(c2ccccc2)CC1)C(F)(F)C(F)(F)C(F)(F)C(F)(F)F. The summed E-state index contributed by atoms with van der Waals surface area (Å²) in [7, 11) is 0. The molecule has 0 aromatic heterocycles.